The van der Waals surface area contributed by atoms with Gasteiger partial charge in [-0.05, 0) is 42.9 Å². The third kappa shape index (κ3) is 3.33. The molecule has 0 N–H and O–H groups in total. The van der Waals surface area contributed by atoms with Crippen molar-refractivity contribution >= 4 is 0 Å². The summed E-state index contributed by atoms with van der Waals surface area (Å²) in [6, 6.07) is 5.62. The average Bonchev–Trinajstić information content (AvgIpc) is 2.17. The summed E-state index contributed by atoms with van der Waals surface area (Å²) in [6.07, 6.45) is 4.43. The van der Waals surface area contributed by atoms with Gasteiger partial charge in [-0.15, -0.1) is 0 Å². The quantitative estimate of drug-likeness (QED) is 0.651. The maximum atomic E-state index is 13.7. The van der Waals surface area contributed by atoms with Gasteiger partial charge in [0.2, 0.25) is 0 Å². The number of hydrogen-bond acceptors (Lipinski definition) is 0. The highest BCUT2D eigenvalue weighted by atomic mass is 19.1. The smallest absolute Gasteiger partial charge is 0.126 e. The molecule has 15 heavy (non-hydrogen) atoms. The van der Waals surface area contributed by atoms with Gasteiger partial charge in [-0.1, -0.05) is 38.8 Å². The second-order valence-corrected chi connectivity index (χ2v) is 4.30. The van der Waals surface area contributed by atoms with E-state index >= 15 is 0 Å². The molecule has 0 aliphatic rings. The fourth-order valence-corrected chi connectivity index (χ4v) is 2.12. The monoisotopic (exact) mass is 208 g/mol. The van der Waals surface area contributed by atoms with E-state index < -0.39 is 0 Å². The Balaban J connectivity index is 2.89. The fourth-order valence-electron chi connectivity index (χ4n) is 2.12. The normalized spacial score (nSPS) is 11.0. The first-order chi connectivity index (χ1) is 7.19. The molecular formula is C14H21F. The molecule has 0 aliphatic heterocycles. The largest absolute Gasteiger partial charge is 0.207 e. The summed E-state index contributed by atoms with van der Waals surface area (Å²) in [5.74, 6) is 0.377. The number of rotatable bonds is 5. The van der Waals surface area contributed by atoms with Crippen LogP contribution in [0, 0.1) is 12.7 Å². The molecule has 0 radical (unpaired) electrons. The van der Waals surface area contributed by atoms with Crippen molar-refractivity contribution < 1.29 is 4.39 Å². The Hall–Kier alpha value is -0.850. The molecule has 0 fully saturated rings. The van der Waals surface area contributed by atoms with E-state index in [2.05, 4.69) is 13.8 Å². The lowest BCUT2D eigenvalue weighted by Crippen LogP contribution is -2.01. The molecule has 0 aliphatic carbocycles. The van der Waals surface area contributed by atoms with Crippen molar-refractivity contribution in [3.05, 3.63) is 35.1 Å². The van der Waals surface area contributed by atoms with E-state index in [1.54, 1.807) is 6.07 Å². The summed E-state index contributed by atoms with van der Waals surface area (Å²) in [6.45, 7) is 6.25. The maximum absolute atomic E-state index is 13.7. The lowest BCUT2D eigenvalue weighted by molar-refractivity contribution is 0.519. The Kier molecular flexibility index (Phi) is 4.80. The molecule has 0 saturated carbocycles. The Labute approximate surface area is 92.5 Å². The molecule has 1 heteroatoms. The molecule has 0 saturated heterocycles. The van der Waals surface area contributed by atoms with Gasteiger partial charge < -0.3 is 0 Å². The van der Waals surface area contributed by atoms with Gasteiger partial charge in [-0.2, -0.15) is 0 Å². The number of hydrogen-bond donors (Lipinski definition) is 0. The summed E-state index contributed by atoms with van der Waals surface area (Å²) in [4.78, 5) is 0. The zero-order chi connectivity index (χ0) is 11.3. The van der Waals surface area contributed by atoms with Gasteiger partial charge in [-0.3, -0.25) is 0 Å². The second kappa shape index (κ2) is 5.89. The van der Waals surface area contributed by atoms with E-state index in [0.717, 1.165) is 36.8 Å². The van der Waals surface area contributed by atoms with Gasteiger partial charge in [0.15, 0.2) is 0 Å². The zero-order valence-corrected chi connectivity index (χ0v) is 10.0. The van der Waals surface area contributed by atoms with Crippen LogP contribution in [0.1, 0.15) is 56.6 Å². The van der Waals surface area contributed by atoms with E-state index in [9.17, 15) is 4.39 Å². The highest BCUT2D eigenvalue weighted by molar-refractivity contribution is 5.26. The van der Waals surface area contributed by atoms with Crippen molar-refractivity contribution in [3.63, 3.8) is 0 Å². The van der Waals surface area contributed by atoms with Crippen LogP contribution in [-0.2, 0) is 0 Å². The van der Waals surface area contributed by atoms with Gasteiger partial charge in [0.1, 0.15) is 5.82 Å². The second-order valence-electron chi connectivity index (χ2n) is 4.30. The Morgan fingerprint density at radius 1 is 1.13 bits per heavy atom. The minimum absolute atomic E-state index is 0.0260. The molecule has 0 heterocycles. The van der Waals surface area contributed by atoms with Crippen molar-refractivity contribution in [1.29, 1.82) is 0 Å². The van der Waals surface area contributed by atoms with Crippen LogP contribution in [0.5, 0.6) is 0 Å². The van der Waals surface area contributed by atoms with Crippen LogP contribution in [0.25, 0.3) is 0 Å². The first-order valence-corrected chi connectivity index (χ1v) is 5.95. The van der Waals surface area contributed by atoms with Crippen LogP contribution in [0.4, 0.5) is 4.39 Å². The van der Waals surface area contributed by atoms with Gasteiger partial charge >= 0.3 is 0 Å². The summed E-state index contributed by atoms with van der Waals surface area (Å²) >= 11 is 0. The Morgan fingerprint density at radius 2 is 1.73 bits per heavy atom. The van der Waals surface area contributed by atoms with E-state index in [4.69, 9.17) is 0 Å². The molecule has 0 bridgehead atoms. The van der Waals surface area contributed by atoms with Gasteiger partial charge in [0, 0.05) is 0 Å². The standard InChI is InChI=1S/C14H21F/c1-4-6-12(7-5-2)13-9-8-11(3)10-14(13)15/h8-10,12H,4-7H2,1-3H3. The number of aryl methyl sites for hydroxylation is 1. The summed E-state index contributed by atoms with van der Waals surface area (Å²) in [7, 11) is 0. The highest BCUT2D eigenvalue weighted by Crippen LogP contribution is 2.28. The van der Waals surface area contributed by atoms with Crippen LogP contribution in [0.15, 0.2) is 18.2 Å². The molecule has 84 valence electrons. The predicted molar refractivity (Wildman–Crippen MR) is 63.7 cm³/mol. The van der Waals surface area contributed by atoms with Gasteiger partial charge in [0.05, 0.1) is 0 Å². The lowest BCUT2D eigenvalue weighted by Gasteiger charge is -2.16. The molecule has 0 spiro atoms. The van der Waals surface area contributed by atoms with Crippen molar-refractivity contribution in [2.45, 2.75) is 52.4 Å². The zero-order valence-electron chi connectivity index (χ0n) is 10.0. The first kappa shape index (κ1) is 12.2. The van der Waals surface area contributed by atoms with Crippen molar-refractivity contribution in [2.24, 2.45) is 0 Å². The predicted octanol–water partition coefficient (Wildman–Crippen LogP) is 4.82. The molecule has 0 unspecified atom stereocenters. The Morgan fingerprint density at radius 3 is 2.20 bits per heavy atom. The van der Waals surface area contributed by atoms with Crippen LogP contribution in [0.3, 0.4) is 0 Å². The summed E-state index contributed by atoms with van der Waals surface area (Å²) in [5.41, 5.74) is 1.91. The minimum Gasteiger partial charge on any atom is -0.207 e. The van der Waals surface area contributed by atoms with Gasteiger partial charge in [-0.25, -0.2) is 4.39 Å². The summed E-state index contributed by atoms with van der Waals surface area (Å²) in [5, 5.41) is 0. The summed E-state index contributed by atoms with van der Waals surface area (Å²) < 4.78 is 13.7. The third-order valence-electron chi connectivity index (χ3n) is 2.87. The third-order valence-corrected chi connectivity index (χ3v) is 2.87. The lowest BCUT2D eigenvalue weighted by atomic mass is 9.89. The highest BCUT2D eigenvalue weighted by Gasteiger charge is 2.13. The van der Waals surface area contributed by atoms with Gasteiger partial charge in [0.25, 0.3) is 0 Å². The molecular weight excluding hydrogens is 187 g/mol. The van der Waals surface area contributed by atoms with E-state index in [0.29, 0.717) is 5.92 Å². The van der Waals surface area contributed by atoms with Crippen LogP contribution >= 0.6 is 0 Å². The van der Waals surface area contributed by atoms with Crippen LogP contribution < -0.4 is 0 Å². The number of halogens is 1. The average molecular weight is 208 g/mol. The molecule has 0 aromatic heterocycles. The van der Waals surface area contributed by atoms with Crippen molar-refractivity contribution in [2.75, 3.05) is 0 Å². The molecule has 1 rings (SSSR count). The van der Waals surface area contributed by atoms with Crippen LogP contribution in [0.2, 0.25) is 0 Å². The topological polar surface area (TPSA) is 0 Å². The molecule has 0 atom stereocenters. The molecule has 0 amide bonds. The van der Waals surface area contributed by atoms with Crippen molar-refractivity contribution in [3.8, 4) is 0 Å². The minimum atomic E-state index is -0.0260. The fraction of sp³-hybridized carbons (Fsp3) is 0.571. The van der Waals surface area contributed by atoms with E-state index in [-0.39, 0.29) is 5.82 Å². The van der Waals surface area contributed by atoms with E-state index in [1.807, 2.05) is 19.1 Å². The van der Waals surface area contributed by atoms with Crippen molar-refractivity contribution in [1.82, 2.24) is 0 Å². The first-order valence-electron chi connectivity index (χ1n) is 5.95. The van der Waals surface area contributed by atoms with Crippen LogP contribution in [-0.4, -0.2) is 0 Å². The molecule has 1 aromatic rings. The maximum Gasteiger partial charge on any atom is 0.126 e. The number of benzene rings is 1. The SMILES string of the molecule is CCCC(CCC)c1ccc(C)cc1F. The Bertz CT molecular complexity index is 298. The molecule has 1 aromatic carbocycles. The van der Waals surface area contributed by atoms with E-state index in [1.165, 1.54) is 0 Å². The molecule has 0 nitrogen and oxygen atoms in total.